The highest BCUT2D eigenvalue weighted by Gasteiger charge is 2.20. The highest BCUT2D eigenvalue weighted by molar-refractivity contribution is 7.99. The Morgan fingerprint density at radius 3 is 2.96 bits per heavy atom. The molecule has 0 bridgehead atoms. The lowest BCUT2D eigenvalue weighted by atomic mass is 10.0. The fraction of sp³-hybridized carbons (Fsp3) is 0.421. The molecule has 0 radical (unpaired) electrons. The molecule has 7 heteroatoms. The van der Waals surface area contributed by atoms with Crippen LogP contribution in [0.1, 0.15) is 31.7 Å². The van der Waals surface area contributed by atoms with Gasteiger partial charge in [-0.2, -0.15) is 0 Å². The summed E-state index contributed by atoms with van der Waals surface area (Å²) in [6.07, 6.45) is 5.12. The summed E-state index contributed by atoms with van der Waals surface area (Å²) < 4.78 is 13.8. The minimum atomic E-state index is -0.424. The third kappa shape index (κ3) is 4.72. The van der Waals surface area contributed by atoms with E-state index >= 15 is 0 Å². The maximum Gasteiger partial charge on any atom is 0.234 e. The van der Waals surface area contributed by atoms with Gasteiger partial charge in [0, 0.05) is 18.7 Å². The summed E-state index contributed by atoms with van der Waals surface area (Å²) in [6.45, 7) is 5.01. The Morgan fingerprint density at radius 2 is 2.19 bits per heavy atom. The number of rotatable bonds is 5. The van der Waals surface area contributed by atoms with Gasteiger partial charge < -0.3 is 10.2 Å². The van der Waals surface area contributed by atoms with Gasteiger partial charge in [-0.3, -0.25) is 4.79 Å². The zero-order valence-corrected chi connectivity index (χ0v) is 15.9. The first-order valence-electron chi connectivity index (χ1n) is 8.80. The van der Waals surface area contributed by atoms with E-state index in [1.165, 1.54) is 37.0 Å². The van der Waals surface area contributed by atoms with E-state index in [4.69, 9.17) is 0 Å². The minimum Gasteiger partial charge on any atom is -0.354 e. The van der Waals surface area contributed by atoms with Crippen molar-refractivity contribution in [1.82, 2.24) is 9.97 Å². The van der Waals surface area contributed by atoms with E-state index in [9.17, 15) is 9.18 Å². The molecule has 26 heavy (non-hydrogen) atoms. The number of carbonyl (C=O) groups excluding carboxylic acids is 1. The average molecular weight is 374 g/mol. The molecule has 1 aromatic carbocycles. The number of anilines is 2. The Labute approximate surface area is 157 Å². The summed E-state index contributed by atoms with van der Waals surface area (Å²) in [5, 5.41) is 3.35. The van der Waals surface area contributed by atoms with E-state index < -0.39 is 5.82 Å². The molecule has 0 aliphatic carbocycles. The first kappa shape index (κ1) is 18.6. The predicted molar refractivity (Wildman–Crippen MR) is 103 cm³/mol. The summed E-state index contributed by atoms with van der Waals surface area (Å²) in [5.74, 6) is 0.384. The molecule has 2 heterocycles. The van der Waals surface area contributed by atoms with Crippen LogP contribution in [0.2, 0.25) is 0 Å². The SMILES string of the molecule is Cc1ccc(NC(=O)CSc2cc(N3CCCCC3C)ncn2)c(F)c1. The number of piperidine rings is 1. The van der Waals surface area contributed by atoms with Gasteiger partial charge in [0.25, 0.3) is 0 Å². The molecule has 1 unspecified atom stereocenters. The molecule has 1 fully saturated rings. The molecule has 138 valence electrons. The maximum absolute atomic E-state index is 13.8. The van der Waals surface area contributed by atoms with Crippen molar-refractivity contribution in [1.29, 1.82) is 0 Å². The molecule has 1 atom stereocenters. The molecule has 2 aromatic rings. The smallest absolute Gasteiger partial charge is 0.234 e. The Balaban J connectivity index is 1.59. The van der Waals surface area contributed by atoms with E-state index in [-0.39, 0.29) is 17.3 Å². The molecule has 5 nitrogen and oxygen atoms in total. The summed E-state index contributed by atoms with van der Waals surface area (Å²) in [4.78, 5) is 23.0. The number of carbonyl (C=O) groups is 1. The van der Waals surface area contributed by atoms with Crippen LogP contribution in [0.15, 0.2) is 35.6 Å². The number of aromatic nitrogens is 2. The lowest BCUT2D eigenvalue weighted by molar-refractivity contribution is -0.113. The Hall–Kier alpha value is -2.15. The second-order valence-electron chi connectivity index (χ2n) is 6.57. The number of hydrogen-bond donors (Lipinski definition) is 1. The fourth-order valence-electron chi connectivity index (χ4n) is 3.05. The van der Waals surface area contributed by atoms with Gasteiger partial charge in [-0.1, -0.05) is 17.8 Å². The average Bonchev–Trinajstić information content (AvgIpc) is 2.63. The summed E-state index contributed by atoms with van der Waals surface area (Å²) in [7, 11) is 0. The van der Waals surface area contributed by atoms with E-state index in [1.54, 1.807) is 19.1 Å². The molecular weight excluding hydrogens is 351 g/mol. The van der Waals surface area contributed by atoms with Crippen LogP contribution in [0.5, 0.6) is 0 Å². The van der Waals surface area contributed by atoms with Crippen molar-refractivity contribution >= 4 is 29.2 Å². The highest BCUT2D eigenvalue weighted by Crippen LogP contribution is 2.25. The molecule has 0 saturated carbocycles. The van der Waals surface area contributed by atoms with Crippen molar-refractivity contribution in [2.24, 2.45) is 0 Å². The molecule has 1 saturated heterocycles. The summed E-state index contributed by atoms with van der Waals surface area (Å²) in [5.41, 5.74) is 1.02. The van der Waals surface area contributed by atoms with E-state index in [0.29, 0.717) is 6.04 Å². The van der Waals surface area contributed by atoms with Gasteiger partial charge in [0.2, 0.25) is 5.91 Å². The Morgan fingerprint density at radius 1 is 1.35 bits per heavy atom. The first-order valence-corrected chi connectivity index (χ1v) is 9.79. The highest BCUT2D eigenvalue weighted by atomic mass is 32.2. The predicted octanol–water partition coefficient (Wildman–Crippen LogP) is 4.03. The van der Waals surface area contributed by atoms with Gasteiger partial charge in [-0.25, -0.2) is 14.4 Å². The number of nitrogens with zero attached hydrogens (tertiary/aromatic N) is 3. The zero-order chi connectivity index (χ0) is 18.5. The molecule has 0 spiro atoms. The van der Waals surface area contributed by atoms with Crippen molar-refractivity contribution < 1.29 is 9.18 Å². The van der Waals surface area contributed by atoms with Crippen molar-refractivity contribution in [3.63, 3.8) is 0 Å². The van der Waals surface area contributed by atoms with Gasteiger partial charge in [-0.15, -0.1) is 0 Å². The van der Waals surface area contributed by atoms with Crippen molar-refractivity contribution in [2.75, 3.05) is 22.5 Å². The molecule has 1 amide bonds. The number of halogens is 1. The van der Waals surface area contributed by atoms with Gasteiger partial charge in [0.05, 0.1) is 11.4 Å². The summed E-state index contributed by atoms with van der Waals surface area (Å²) in [6, 6.07) is 7.13. The Kier molecular flexibility index (Phi) is 6.08. The molecule has 3 rings (SSSR count). The topological polar surface area (TPSA) is 58.1 Å². The van der Waals surface area contributed by atoms with Crippen LogP contribution in [0.4, 0.5) is 15.9 Å². The number of benzene rings is 1. The second-order valence-corrected chi connectivity index (χ2v) is 7.57. The fourth-order valence-corrected chi connectivity index (χ4v) is 3.71. The van der Waals surface area contributed by atoms with Crippen LogP contribution >= 0.6 is 11.8 Å². The number of amides is 1. The van der Waals surface area contributed by atoms with Crippen LogP contribution in [-0.4, -0.2) is 34.2 Å². The minimum absolute atomic E-state index is 0.166. The third-order valence-corrected chi connectivity index (χ3v) is 5.40. The molecular formula is C19H23FN4OS. The van der Waals surface area contributed by atoms with Gasteiger partial charge >= 0.3 is 0 Å². The lowest BCUT2D eigenvalue weighted by Crippen LogP contribution is -2.38. The first-order chi connectivity index (χ1) is 12.5. The van der Waals surface area contributed by atoms with E-state index in [1.807, 2.05) is 6.07 Å². The zero-order valence-electron chi connectivity index (χ0n) is 15.0. The number of aryl methyl sites for hydroxylation is 1. The van der Waals surface area contributed by atoms with Crippen LogP contribution in [-0.2, 0) is 4.79 Å². The lowest BCUT2D eigenvalue weighted by Gasteiger charge is -2.34. The van der Waals surface area contributed by atoms with Crippen LogP contribution < -0.4 is 10.2 Å². The van der Waals surface area contributed by atoms with Gasteiger partial charge in [0.1, 0.15) is 23.0 Å². The number of hydrogen-bond acceptors (Lipinski definition) is 5. The van der Waals surface area contributed by atoms with E-state index in [0.717, 1.165) is 29.4 Å². The van der Waals surface area contributed by atoms with Crippen LogP contribution in [0.3, 0.4) is 0 Å². The van der Waals surface area contributed by atoms with E-state index in [2.05, 4.69) is 27.1 Å². The maximum atomic E-state index is 13.8. The summed E-state index contributed by atoms with van der Waals surface area (Å²) >= 11 is 1.32. The van der Waals surface area contributed by atoms with Crippen molar-refractivity contribution in [3.8, 4) is 0 Å². The quantitative estimate of drug-likeness (QED) is 0.632. The van der Waals surface area contributed by atoms with Crippen molar-refractivity contribution in [3.05, 3.63) is 42.0 Å². The second kappa shape index (κ2) is 8.49. The number of thioether (sulfide) groups is 1. The Bertz CT molecular complexity index is 786. The molecule has 1 N–H and O–H groups in total. The normalized spacial score (nSPS) is 17.2. The van der Waals surface area contributed by atoms with Crippen molar-refractivity contribution in [2.45, 2.75) is 44.2 Å². The molecule has 1 aliphatic heterocycles. The standard InChI is InChI=1S/C19H23FN4OS/c1-13-6-7-16(15(20)9-13)23-18(25)11-26-19-10-17(21-12-22-19)24-8-4-3-5-14(24)2/h6-7,9-10,12,14H,3-5,8,11H2,1-2H3,(H,23,25). The molecule has 1 aliphatic rings. The third-order valence-electron chi connectivity index (χ3n) is 4.47. The monoisotopic (exact) mass is 374 g/mol. The van der Waals surface area contributed by atoms with Crippen LogP contribution in [0, 0.1) is 12.7 Å². The van der Waals surface area contributed by atoms with Crippen LogP contribution in [0.25, 0.3) is 0 Å². The van der Waals surface area contributed by atoms with Gasteiger partial charge in [0.15, 0.2) is 0 Å². The number of nitrogens with one attached hydrogen (secondary N) is 1. The largest absolute Gasteiger partial charge is 0.354 e. The molecule has 1 aromatic heterocycles. The van der Waals surface area contributed by atoms with Gasteiger partial charge in [-0.05, 0) is 50.8 Å².